The molecule has 0 aliphatic rings. The Balaban J connectivity index is 2.35. The van der Waals surface area contributed by atoms with Crippen LogP contribution in [0.2, 0.25) is 5.15 Å². The van der Waals surface area contributed by atoms with E-state index in [0.29, 0.717) is 16.7 Å². The van der Waals surface area contributed by atoms with Crippen molar-refractivity contribution in [2.75, 3.05) is 6.61 Å². The van der Waals surface area contributed by atoms with Gasteiger partial charge in [-0.2, -0.15) is 0 Å². The number of carbonyl (C=O) groups is 1. The fourth-order valence-corrected chi connectivity index (χ4v) is 3.50. The third-order valence-electron chi connectivity index (χ3n) is 4.49. The Morgan fingerprint density at radius 1 is 1.23 bits per heavy atom. The van der Waals surface area contributed by atoms with E-state index in [1.54, 1.807) is 23.5 Å². The van der Waals surface area contributed by atoms with Crippen molar-refractivity contribution < 1.29 is 9.53 Å². The second-order valence-corrected chi connectivity index (χ2v) is 6.53. The van der Waals surface area contributed by atoms with Crippen molar-refractivity contribution in [3.05, 3.63) is 56.8 Å². The van der Waals surface area contributed by atoms with Crippen molar-refractivity contribution in [2.45, 2.75) is 13.8 Å². The highest BCUT2D eigenvalue weighted by molar-refractivity contribution is 6.29. The largest absolute Gasteiger partial charge is 0.462 e. The monoisotopic (exact) mass is 369 g/mol. The van der Waals surface area contributed by atoms with Crippen LogP contribution in [0, 0.1) is 6.92 Å². The van der Waals surface area contributed by atoms with E-state index in [2.05, 4.69) is 4.98 Å². The molecule has 4 rings (SSSR count). The summed E-state index contributed by atoms with van der Waals surface area (Å²) in [4.78, 5) is 30.0. The molecule has 6 nitrogen and oxygen atoms in total. The Kier molecular flexibility index (Phi) is 3.73. The Morgan fingerprint density at radius 2 is 2.00 bits per heavy atom. The summed E-state index contributed by atoms with van der Waals surface area (Å²) in [5.74, 6) is -0.644. The molecule has 0 saturated carbocycles. The molecule has 0 bridgehead atoms. The number of nitrogens with zero attached hydrogens (tertiary/aromatic N) is 3. The SMILES string of the molecule is CCOC(=O)c1c(=O)c2ccc(Cl)nc2n2c3ccc(C)cc3n(C)c12. The van der Waals surface area contributed by atoms with Crippen molar-refractivity contribution in [3.63, 3.8) is 0 Å². The number of pyridine rings is 2. The first-order valence-corrected chi connectivity index (χ1v) is 8.59. The molecule has 1 aromatic carbocycles. The summed E-state index contributed by atoms with van der Waals surface area (Å²) in [5.41, 5.74) is 3.23. The van der Waals surface area contributed by atoms with Gasteiger partial charge in [-0.05, 0) is 43.7 Å². The highest BCUT2D eigenvalue weighted by Crippen LogP contribution is 2.27. The summed E-state index contributed by atoms with van der Waals surface area (Å²) < 4.78 is 8.76. The van der Waals surface area contributed by atoms with Crippen molar-refractivity contribution in [2.24, 2.45) is 7.05 Å². The molecule has 0 unspecified atom stereocenters. The first kappa shape index (κ1) is 16.6. The van der Waals surface area contributed by atoms with Gasteiger partial charge in [-0.3, -0.25) is 9.20 Å². The van der Waals surface area contributed by atoms with Crippen LogP contribution in [0.15, 0.2) is 35.1 Å². The fourth-order valence-electron chi connectivity index (χ4n) is 3.36. The van der Waals surface area contributed by atoms with Crippen molar-refractivity contribution in [1.82, 2.24) is 14.0 Å². The minimum Gasteiger partial charge on any atom is -0.462 e. The summed E-state index contributed by atoms with van der Waals surface area (Å²) in [7, 11) is 1.82. The maximum Gasteiger partial charge on any atom is 0.345 e. The van der Waals surface area contributed by atoms with E-state index in [0.717, 1.165) is 16.6 Å². The number of esters is 1. The van der Waals surface area contributed by atoms with E-state index in [1.807, 2.05) is 36.7 Å². The van der Waals surface area contributed by atoms with Gasteiger partial charge in [0, 0.05) is 7.05 Å². The second kappa shape index (κ2) is 5.85. The smallest absolute Gasteiger partial charge is 0.345 e. The number of aromatic nitrogens is 3. The maximum absolute atomic E-state index is 13.1. The zero-order valence-corrected chi connectivity index (χ0v) is 15.3. The van der Waals surface area contributed by atoms with Crippen molar-refractivity contribution in [3.8, 4) is 0 Å². The Morgan fingerprint density at radius 3 is 2.73 bits per heavy atom. The number of ether oxygens (including phenoxy) is 1. The van der Waals surface area contributed by atoms with Gasteiger partial charge in [0.05, 0.1) is 23.0 Å². The molecule has 0 N–H and O–H groups in total. The number of rotatable bonds is 2. The lowest BCUT2D eigenvalue weighted by atomic mass is 10.2. The zero-order chi connectivity index (χ0) is 18.6. The van der Waals surface area contributed by atoms with Gasteiger partial charge in [0.2, 0.25) is 5.43 Å². The molecule has 0 aliphatic heterocycles. The van der Waals surface area contributed by atoms with E-state index in [-0.39, 0.29) is 17.3 Å². The predicted octanol–water partition coefficient (Wildman–Crippen LogP) is 3.48. The predicted molar refractivity (Wildman–Crippen MR) is 101 cm³/mol. The average molecular weight is 370 g/mol. The summed E-state index contributed by atoms with van der Waals surface area (Å²) in [6.45, 7) is 3.88. The van der Waals surface area contributed by atoms with E-state index in [4.69, 9.17) is 16.3 Å². The molecule has 0 fully saturated rings. The lowest BCUT2D eigenvalue weighted by molar-refractivity contribution is 0.0526. The van der Waals surface area contributed by atoms with Gasteiger partial charge in [-0.15, -0.1) is 0 Å². The van der Waals surface area contributed by atoms with Crippen LogP contribution in [-0.4, -0.2) is 26.5 Å². The van der Waals surface area contributed by atoms with Crippen molar-refractivity contribution >= 4 is 45.3 Å². The number of carbonyl (C=O) groups excluding carboxylic acids is 1. The lowest BCUT2D eigenvalue weighted by Gasteiger charge is -2.09. The van der Waals surface area contributed by atoms with Gasteiger partial charge in [-0.25, -0.2) is 9.78 Å². The number of hydrogen-bond donors (Lipinski definition) is 0. The molecule has 0 spiro atoms. The molecular weight excluding hydrogens is 354 g/mol. The lowest BCUT2D eigenvalue weighted by Crippen LogP contribution is -2.21. The van der Waals surface area contributed by atoms with Crippen LogP contribution in [0.1, 0.15) is 22.8 Å². The van der Waals surface area contributed by atoms with Crippen LogP contribution in [0.4, 0.5) is 0 Å². The number of halogens is 1. The first-order valence-electron chi connectivity index (χ1n) is 8.21. The standard InChI is InChI=1S/C19H16ClN3O3/c1-4-26-19(25)15-16(24)11-6-8-14(20)21-17(11)23-12-7-5-10(2)9-13(12)22(3)18(15)23/h5-9H,4H2,1-3H3. The Labute approximate surface area is 153 Å². The van der Waals surface area contributed by atoms with Gasteiger partial charge in [0.25, 0.3) is 0 Å². The number of aryl methyl sites for hydroxylation is 2. The van der Waals surface area contributed by atoms with Crippen LogP contribution in [0.3, 0.4) is 0 Å². The molecule has 0 radical (unpaired) electrons. The topological polar surface area (TPSA) is 65.6 Å². The van der Waals surface area contributed by atoms with Gasteiger partial charge in [-0.1, -0.05) is 17.7 Å². The summed E-state index contributed by atoms with van der Waals surface area (Å²) in [6.07, 6.45) is 0. The minimum atomic E-state index is -0.644. The highest BCUT2D eigenvalue weighted by atomic mass is 35.5. The third-order valence-corrected chi connectivity index (χ3v) is 4.70. The molecule has 0 amide bonds. The van der Waals surface area contributed by atoms with E-state index < -0.39 is 11.4 Å². The quantitative estimate of drug-likeness (QED) is 0.401. The van der Waals surface area contributed by atoms with Crippen molar-refractivity contribution in [1.29, 1.82) is 0 Å². The zero-order valence-electron chi connectivity index (χ0n) is 14.5. The van der Waals surface area contributed by atoms with Gasteiger partial charge >= 0.3 is 5.97 Å². The average Bonchev–Trinajstić information content (AvgIpc) is 2.88. The molecule has 0 saturated heterocycles. The maximum atomic E-state index is 13.1. The summed E-state index contributed by atoms with van der Waals surface area (Å²) >= 11 is 6.08. The van der Waals surface area contributed by atoms with E-state index >= 15 is 0 Å². The van der Waals surface area contributed by atoms with E-state index in [9.17, 15) is 9.59 Å². The van der Waals surface area contributed by atoms with Crippen LogP contribution < -0.4 is 5.43 Å². The van der Waals surface area contributed by atoms with Crippen LogP contribution in [0.5, 0.6) is 0 Å². The molecule has 26 heavy (non-hydrogen) atoms. The Bertz CT molecular complexity index is 1270. The molecule has 7 heteroatoms. The number of benzene rings is 1. The fraction of sp³-hybridized carbons (Fsp3) is 0.211. The normalized spacial score (nSPS) is 11.5. The minimum absolute atomic E-state index is 0.000162. The second-order valence-electron chi connectivity index (χ2n) is 6.14. The van der Waals surface area contributed by atoms with Gasteiger partial charge in [0.1, 0.15) is 16.4 Å². The molecule has 132 valence electrons. The number of imidazole rings is 1. The third kappa shape index (κ3) is 2.22. The number of hydrogen-bond acceptors (Lipinski definition) is 4. The molecule has 0 aliphatic carbocycles. The van der Waals surface area contributed by atoms with Crippen LogP contribution in [-0.2, 0) is 11.8 Å². The van der Waals surface area contributed by atoms with Gasteiger partial charge in [0.15, 0.2) is 5.65 Å². The Hall–Kier alpha value is -2.86. The van der Waals surface area contributed by atoms with Crippen LogP contribution in [0.25, 0.3) is 27.7 Å². The summed E-state index contributed by atoms with van der Waals surface area (Å²) in [5, 5.41) is 0.599. The van der Waals surface area contributed by atoms with E-state index in [1.165, 1.54) is 0 Å². The molecule has 0 atom stereocenters. The molecule has 4 aromatic rings. The number of fused-ring (bicyclic) bond motifs is 5. The molecular formula is C19H16ClN3O3. The highest BCUT2D eigenvalue weighted by Gasteiger charge is 2.25. The summed E-state index contributed by atoms with van der Waals surface area (Å²) in [6, 6.07) is 9.05. The first-order chi connectivity index (χ1) is 12.4. The molecule has 3 heterocycles. The molecule has 3 aromatic heterocycles. The van der Waals surface area contributed by atoms with Gasteiger partial charge < -0.3 is 9.30 Å². The van der Waals surface area contributed by atoms with Crippen LogP contribution >= 0.6 is 11.6 Å².